The Hall–Kier alpha value is -1.68. The zero-order valence-electron chi connectivity index (χ0n) is 11.3. The van der Waals surface area contributed by atoms with Crippen LogP contribution in [0.25, 0.3) is 11.4 Å². The molecule has 0 unspecified atom stereocenters. The molecule has 0 fully saturated rings. The predicted octanol–water partition coefficient (Wildman–Crippen LogP) is 2.04. The Morgan fingerprint density at radius 2 is 2.00 bits per heavy atom. The Labute approximate surface area is 108 Å². The van der Waals surface area contributed by atoms with Crippen LogP contribution >= 0.6 is 0 Å². The average molecular weight is 244 g/mol. The van der Waals surface area contributed by atoms with E-state index in [1.54, 1.807) is 0 Å². The molecule has 1 aromatic heterocycles. The Kier molecular flexibility index (Phi) is 4.10. The molecule has 1 N–H and O–H groups in total. The molecule has 4 nitrogen and oxygen atoms in total. The minimum absolute atomic E-state index is 0.897. The van der Waals surface area contributed by atoms with Crippen LogP contribution in [-0.4, -0.2) is 28.4 Å². The lowest BCUT2D eigenvalue weighted by Gasteiger charge is -2.10. The van der Waals surface area contributed by atoms with E-state index in [0.717, 1.165) is 31.2 Å². The molecular weight excluding hydrogens is 224 g/mol. The van der Waals surface area contributed by atoms with E-state index < -0.39 is 0 Å². The summed E-state index contributed by atoms with van der Waals surface area (Å²) in [6.07, 6.45) is 1.00. The second-order valence-electron chi connectivity index (χ2n) is 4.33. The first-order chi connectivity index (χ1) is 8.77. The van der Waals surface area contributed by atoms with E-state index in [1.807, 2.05) is 14.0 Å². The Morgan fingerprint density at radius 1 is 1.22 bits per heavy atom. The summed E-state index contributed by atoms with van der Waals surface area (Å²) in [6, 6.07) is 8.42. The Bertz CT molecular complexity index is 516. The summed E-state index contributed by atoms with van der Waals surface area (Å²) in [7, 11) is 1.97. The molecular formula is C14H20N4. The largest absolute Gasteiger partial charge is 0.319 e. The molecule has 0 bridgehead atoms. The van der Waals surface area contributed by atoms with Crippen molar-refractivity contribution in [3.05, 3.63) is 35.7 Å². The van der Waals surface area contributed by atoms with Gasteiger partial charge < -0.3 is 9.88 Å². The maximum absolute atomic E-state index is 4.32. The van der Waals surface area contributed by atoms with Crippen LogP contribution in [-0.2, 0) is 13.0 Å². The molecule has 96 valence electrons. The first kappa shape index (κ1) is 12.8. The molecule has 1 aromatic carbocycles. The van der Waals surface area contributed by atoms with Crippen molar-refractivity contribution in [1.82, 2.24) is 20.1 Å². The van der Waals surface area contributed by atoms with Gasteiger partial charge in [0.15, 0.2) is 5.82 Å². The van der Waals surface area contributed by atoms with E-state index in [0.29, 0.717) is 0 Å². The molecule has 0 aliphatic carbocycles. The number of hydrogen-bond acceptors (Lipinski definition) is 3. The maximum Gasteiger partial charge on any atom is 0.164 e. The molecule has 2 aromatic rings. The fraction of sp³-hybridized carbons (Fsp3) is 0.429. The van der Waals surface area contributed by atoms with Crippen molar-refractivity contribution in [2.45, 2.75) is 26.8 Å². The van der Waals surface area contributed by atoms with E-state index in [1.165, 1.54) is 11.1 Å². The Balaban J connectivity index is 2.43. The summed E-state index contributed by atoms with van der Waals surface area (Å²) in [5.41, 5.74) is 2.50. The van der Waals surface area contributed by atoms with Gasteiger partial charge >= 0.3 is 0 Å². The van der Waals surface area contributed by atoms with Gasteiger partial charge in [-0.25, -0.2) is 0 Å². The van der Waals surface area contributed by atoms with Gasteiger partial charge in [-0.1, -0.05) is 24.3 Å². The smallest absolute Gasteiger partial charge is 0.164 e. The van der Waals surface area contributed by atoms with Crippen molar-refractivity contribution in [2.75, 3.05) is 13.6 Å². The van der Waals surface area contributed by atoms with Crippen molar-refractivity contribution in [3.63, 3.8) is 0 Å². The van der Waals surface area contributed by atoms with Gasteiger partial charge in [-0.15, -0.1) is 10.2 Å². The molecule has 1 heterocycles. The first-order valence-electron chi connectivity index (χ1n) is 6.40. The molecule has 2 rings (SSSR count). The summed E-state index contributed by atoms with van der Waals surface area (Å²) < 4.78 is 2.15. The summed E-state index contributed by atoms with van der Waals surface area (Å²) >= 11 is 0. The van der Waals surface area contributed by atoms with Crippen LogP contribution in [0, 0.1) is 6.92 Å². The van der Waals surface area contributed by atoms with Crippen LogP contribution in [0.3, 0.4) is 0 Å². The average Bonchev–Trinajstić information content (AvgIpc) is 2.77. The summed E-state index contributed by atoms with van der Waals surface area (Å²) in [5.74, 6) is 1.94. The zero-order chi connectivity index (χ0) is 13.0. The monoisotopic (exact) mass is 244 g/mol. The Morgan fingerprint density at radius 3 is 2.72 bits per heavy atom. The van der Waals surface area contributed by atoms with Gasteiger partial charge in [0.2, 0.25) is 0 Å². The molecule has 0 spiro atoms. The van der Waals surface area contributed by atoms with Crippen molar-refractivity contribution >= 4 is 0 Å². The first-order valence-corrected chi connectivity index (χ1v) is 6.40. The summed E-state index contributed by atoms with van der Waals surface area (Å²) in [6.45, 7) is 5.98. The van der Waals surface area contributed by atoms with Gasteiger partial charge in [0.1, 0.15) is 5.82 Å². The topological polar surface area (TPSA) is 42.7 Å². The second-order valence-corrected chi connectivity index (χ2v) is 4.33. The number of likely N-dealkylation sites (N-methyl/N-ethyl adjacent to an activating group) is 1. The van der Waals surface area contributed by atoms with E-state index in [-0.39, 0.29) is 0 Å². The SMILES string of the molecule is CCn1c(C)nnc1-c1ccccc1CCNC. The van der Waals surface area contributed by atoms with Crippen molar-refractivity contribution < 1.29 is 0 Å². The van der Waals surface area contributed by atoms with E-state index in [4.69, 9.17) is 0 Å². The normalized spacial score (nSPS) is 10.8. The number of hydrogen-bond donors (Lipinski definition) is 1. The van der Waals surface area contributed by atoms with Crippen LogP contribution in [0.1, 0.15) is 18.3 Å². The highest BCUT2D eigenvalue weighted by Gasteiger charge is 2.12. The highest BCUT2D eigenvalue weighted by Crippen LogP contribution is 2.22. The molecule has 0 saturated heterocycles. The van der Waals surface area contributed by atoms with Gasteiger partial charge in [0.05, 0.1) is 0 Å². The second kappa shape index (κ2) is 5.78. The lowest BCUT2D eigenvalue weighted by Crippen LogP contribution is -2.11. The van der Waals surface area contributed by atoms with Gasteiger partial charge in [0, 0.05) is 12.1 Å². The van der Waals surface area contributed by atoms with Crippen LogP contribution in [0.5, 0.6) is 0 Å². The molecule has 0 saturated carbocycles. The fourth-order valence-corrected chi connectivity index (χ4v) is 2.17. The minimum atomic E-state index is 0.897. The number of nitrogens with one attached hydrogen (secondary N) is 1. The van der Waals surface area contributed by atoms with E-state index >= 15 is 0 Å². The predicted molar refractivity (Wildman–Crippen MR) is 73.5 cm³/mol. The number of aryl methyl sites for hydroxylation is 1. The highest BCUT2D eigenvalue weighted by atomic mass is 15.3. The van der Waals surface area contributed by atoms with Crippen LogP contribution in [0.15, 0.2) is 24.3 Å². The van der Waals surface area contributed by atoms with Crippen LogP contribution in [0.2, 0.25) is 0 Å². The van der Waals surface area contributed by atoms with Gasteiger partial charge in [-0.3, -0.25) is 0 Å². The molecule has 0 atom stereocenters. The van der Waals surface area contributed by atoms with Crippen molar-refractivity contribution in [3.8, 4) is 11.4 Å². The fourth-order valence-electron chi connectivity index (χ4n) is 2.17. The minimum Gasteiger partial charge on any atom is -0.319 e. The molecule has 0 aliphatic heterocycles. The lowest BCUT2D eigenvalue weighted by molar-refractivity contribution is 0.734. The molecule has 0 radical (unpaired) electrons. The van der Waals surface area contributed by atoms with Gasteiger partial charge in [-0.2, -0.15) is 0 Å². The van der Waals surface area contributed by atoms with Crippen molar-refractivity contribution in [1.29, 1.82) is 0 Å². The molecule has 4 heteroatoms. The van der Waals surface area contributed by atoms with E-state index in [9.17, 15) is 0 Å². The number of benzene rings is 1. The lowest BCUT2D eigenvalue weighted by atomic mass is 10.0. The standard InChI is InChI=1S/C14H20N4/c1-4-18-11(2)16-17-14(18)13-8-6-5-7-12(13)9-10-15-3/h5-8,15H,4,9-10H2,1-3H3. The number of rotatable bonds is 5. The summed E-state index contributed by atoms with van der Waals surface area (Å²) in [5, 5.41) is 11.7. The molecule has 0 amide bonds. The maximum atomic E-state index is 4.32. The number of aromatic nitrogens is 3. The number of nitrogens with zero attached hydrogens (tertiary/aromatic N) is 3. The highest BCUT2D eigenvalue weighted by molar-refractivity contribution is 5.60. The third kappa shape index (κ3) is 2.43. The zero-order valence-corrected chi connectivity index (χ0v) is 11.3. The van der Waals surface area contributed by atoms with E-state index in [2.05, 4.69) is 51.3 Å². The molecule has 18 heavy (non-hydrogen) atoms. The van der Waals surface area contributed by atoms with Crippen molar-refractivity contribution in [2.24, 2.45) is 0 Å². The molecule has 0 aliphatic rings. The van der Waals surface area contributed by atoms with Gasteiger partial charge in [-0.05, 0) is 39.4 Å². The quantitative estimate of drug-likeness (QED) is 0.875. The van der Waals surface area contributed by atoms with Crippen LogP contribution < -0.4 is 5.32 Å². The third-order valence-electron chi connectivity index (χ3n) is 3.15. The van der Waals surface area contributed by atoms with Crippen LogP contribution in [0.4, 0.5) is 0 Å². The summed E-state index contributed by atoms with van der Waals surface area (Å²) in [4.78, 5) is 0. The van der Waals surface area contributed by atoms with Gasteiger partial charge in [0.25, 0.3) is 0 Å². The third-order valence-corrected chi connectivity index (χ3v) is 3.15.